The fourth-order valence-electron chi connectivity index (χ4n) is 4.26. The number of allylic oxidation sites excluding steroid dienone is 4. The van der Waals surface area contributed by atoms with Crippen molar-refractivity contribution in [3.63, 3.8) is 0 Å². The summed E-state index contributed by atoms with van der Waals surface area (Å²) in [5.74, 6) is 7.78. The topological polar surface area (TPSA) is 74.3 Å². The van der Waals surface area contributed by atoms with Gasteiger partial charge in [-0.2, -0.15) is 19.6 Å². The average Bonchev–Trinajstić information content (AvgIpc) is 3.57. The van der Waals surface area contributed by atoms with E-state index in [9.17, 15) is 4.39 Å². The Labute approximate surface area is 229 Å². The van der Waals surface area contributed by atoms with Crippen LogP contribution in [0.2, 0.25) is 0 Å². The normalized spacial score (nSPS) is 13.3. The van der Waals surface area contributed by atoms with E-state index in [2.05, 4.69) is 49.9 Å². The number of rotatable bonds is 9. The van der Waals surface area contributed by atoms with Crippen LogP contribution >= 0.6 is 9.39 Å². The highest BCUT2D eigenvalue weighted by atomic mass is 32.2. The Kier molecular flexibility index (Phi) is 8.09. The summed E-state index contributed by atoms with van der Waals surface area (Å²) < 4.78 is 19.8. The second-order valence-corrected chi connectivity index (χ2v) is 12.7. The van der Waals surface area contributed by atoms with Gasteiger partial charge in [-0.25, -0.2) is 4.39 Å². The fraction of sp³-hybridized carbons (Fsp3) is 0.161. The van der Waals surface area contributed by atoms with Gasteiger partial charge in [0, 0.05) is 41.8 Å². The van der Waals surface area contributed by atoms with Crippen LogP contribution < -0.4 is 15.3 Å². The van der Waals surface area contributed by atoms with Gasteiger partial charge in [0.15, 0.2) is 0 Å². The molecule has 0 fully saturated rings. The van der Waals surface area contributed by atoms with Crippen LogP contribution in [0.5, 0.6) is 0 Å². The molecule has 3 heterocycles. The summed E-state index contributed by atoms with van der Waals surface area (Å²) in [6.07, 6.45) is 13.3. The van der Waals surface area contributed by atoms with Gasteiger partial charge >= 0.3 is 0 Å². The van der Waals surface area contributed by atoms with Crippen LogP contribution in [0.15, 0.2) is 61.5 Å². The number of hydrogen-bond donors (Lipinski definition) is 3. The quantitative estimate of drug-likeness (QED) is 0.210. The Morgan fingerprint density at radius 2 is 1.95 bits per heavy atom. The van der Waals surface area contributed by atoms with E-state index in [0.29, 0.717) is 6.54 Å². The van der Waals surface area contributed by atoms with Gasteiger partial charge in [0.1, 0.15) is 11.5 Å². The minimum atomic E-state index is -1.42. The maximum absolute atomic E-state index is 14.7. The molecule has 0 aliphatic rings. The van der Waals surface area contributed by atoms with E-state index < -0.39 is 9.39 Å². The number of nitrogens with one attached hydrogen (secondary N) is 3. The van der Waals surface area contributed by atoms with E-state index in [1.807, 2.05) is 69.9 Å². The van der Waals surface area contributed by atoms with Crippen LogP contribution in [-0.4, -0.2) is 43.0 Å². The molecular weight excluding hydrogens is 507 g/mol. The maximum Gasteiger partial charge on any atom is 0.124 e. The number of benzene rings is 1. The zero-order valence-corrected chi connectivity index (χ0v) is 23.8. The molecule has 0 bridgehead atoms. The average molecular weight is 543 g/mol. The van der Waals surface area contributed by atoms with E-state index in [4.69, 9.17) is 0 Å². The van der Waals surface area contributed by atoms with E-state index in [1.54, 1.807) is 10.8 Å². The second kappa shape index (κ2) is 11.3. The third-order valence-corrected chi connectivity index (χ3v) is 7.14. The second-order valence-electron chi connectivity index (χ2n) is 9.86. The summed E-state index contributed by atoms with van der Waals surface area (Å²) >= 11 is 0. The van der Waals surface area contributed by atoms with Crippen molar-refractivity contribution in [2.24, 2.45) is 7.05 Å². The molecule has 202 valence electrons. The van der Waals surface area contributed by atoms with Crippen molar-refractivity contribution >= 4 is 44.9 Å². The SMILES string of the molecule is C=C/C=C(/c1cc(F)cc(CNS(=C)(=C)C)c1)c1cc(-c2n[nH]/c(=C/C=C(\C)c3cnn(C)c3)c2=C)[nH]c1C. The Balaban J connectivity index is 1.70. The number of aromatic amines is 2. The van der Waals surface area contributed by atoms with E-state index in [-0.39, 0.29) is 5.82 Å². The smallest absolute Gasteiger partial charge is 0.124 e. The first-order valence-electron chi connectivity index (χ1n) is 12.4. The highest BCUT2D eigenvalue weighted by Crippen LogP contribution is 2.30. The number of halogens is 1. The molecule has 8 heteroatoms. The van der Waals surface area contributed by atoms with Crippen molar-refractivity contribution in [1.82, 2.24) is 29.7 Å². The van der Waals surface area contributed by atoms with Gasteiger partial charge in [-0.3, -0.25) is 14.5 Å². The molecule has 6 nitrogen and oxygen atoms in total. The lowest BCUT2D eigenvalue weighted by Crippen LogP contribution is -2.21. The Bertz CT molecular complexity index is 1810. The molecule has 0 spiro atoms. The molecule has 39 heavy (non-hydrogen) atoms. The lowest BCUT2D eigenvalue weighted by molar-refractivity contribution is 0.624. The van der Waals surface area contributed by atoms with Crippen molar-refractivity contribution in [3.8, 4) is 11.4 Å². The molecule has 4 aromatic rings. The van der Waals surface area contributed by atoms with Gasteiger partial charge in [0.2, 0.25) is 0 Å². The molecular formula is C31H35FN6S. The highest BCUT2D eigenvalue weighted by Gasteiger charge is 2.16. The molecule has 0 radical (unpaired) electrons. The number of nitrogens with zero attached hydrogens (tertiary/aromatic N) is 3. The molecule has 0 unspecified atom stereocenters. The predicted molar refractivity (Wildman–Crippen MR) is 167 cm³/mol. The van der Waals surface area contributed by atoms with Gasteiger partial charge in [0.05, 0.1) is 17.2 Å². The Hall–Kier alpha value is -4.14. The van der Waals surface area contributed by atoms with Crippen molar-refractivity contribution < 1.29 is 4.39 Å². The minimum absolute atomic E-state index is 0.306. The number of H-pyrrole nitrogens is 2. The van der Waals surface area contributed by atoms with E-state index in [1.165, 1.54) is 12.1 Å². The third kappa shape index (κ3) is 6.66. The number of aromatic nitrogens is 5. The lowest BCUT2D eigenvalue weighted by Gasteiger charge is -2.13. The minimum Gasteiger partial charge on any atom is -0.357 e. The Morgan fingerprint density at radius 3 is 2.62 bits per heavy atom. The van der Waals surface area contributed by atoms with Crippen molar-refractivity contribution in [3.05, 3.63) is 106 Å². The monoisotopic (exact) mass is 542 g/mol. The van der Waals surface area contributed by atoms with Crippen LogP contribution in [0.4, 0.5) is 4.39 Å². The molecule has 0 amide bonds. The number of hydrogen-bond acceptors (Lipinski definition) is 3. The summed E-state index contributed by atoms with van der Waals surface area (Å²) in [5.41, 5.74) is 7.96. The summed E-state index contributed by atoms with van der Waals surface area (Å²) in [4.78, 5) is 3.43. The van der Waals surface area contributed by atoms with Gasteiger partial charge < -0.3 is 4.98 Å². The summed E-state index contributed by atoms with van der Waals surface area (Å²) in [5, 5.41) is 13.4. The zero-order valence-electron chi connectivity index (χ0n) is 22.9. The lowest BCUT2D eigenvalue weighted by atomic mass is 9.95. The Morgan fingerprint density at radius 1 is 1.18 bits per heavy atom. The number of aryl methyl sites for hydroxylation is 2. The van der Waals surface area contributed by atoms with Crippen LogP contribution in [0.3, 0.4) is 0 Å². The van der Waals surface area contributed by atoms with E-state index >= 15 is 0 Å². The summed E-state index contributed by atoms with van der Waals surface area (Å²) in [6.45, 7) is 12.7. The van der Waals surface area contributed by atoms with Gasteiger partial charge in [-0.1, -0.05) is 43.1 Å². The van der Waals surface area contributed by atoms with Crippen molar-refractivity contribution in [1.29, 1.82) is 0 Å². The third-order valence-electron chi connectivity index (χ3n) is 6.30. The summed E-state index contributed by atoms with van der Waals surface area (Å²) in [7, 11) is 0.472. The first kappa shape index (κ1) is 27.9. The molecule has 0 atom stereocenters. The first-order chi connectivity index (χ1) is 18.4. The van der Waals surface area contributed by atoms with Crippen LogP contribution in [0, 0.1) is 12.7 Å². The molecule has 0 saturated heterocycles. The van der Waals surface area contributed by atoms with Crippen molar-refractivity contribution in [2.45, 2.75) is 20.4 Å². The van der Waals surface area contributed by atoms with Gasteiger partial charge in [-0.05, 0) is 72.7 Å². The molecule has 0 aliphatic carbocycles. The molecule has 4 rings (SSSR count). The maximum atomic E-state index is 14.7. The van der Waals surface area contributed by atoms with Gasteiger partial charge in [0.25, 0.3) is 0 Å². The predicted octanol–water partition coefficient (Wildman–Crippen LogP) is 4.80. The highest BCUT2D eigenvalue weighted by molar-refractivity contribution is 8.25. The summed E-state index contributed by atoms with van der Waals surface area (Å²) in [6, 6.07) is 7.07. The van der Waals surface area contributed by atoms with Gasteiger partial charge in [-0.15, -0.1) is 0 Å². The fourth-order valence-corrected chi connectivity index (χ4v) is 4.77. The van der Waals surface area contributed by atoms with Crippen LogP contribution in [0.1, 0.15) is 34.9 Å². The molecule has 3 N–H and O–H groups in total. The van der Waals surface area contributed by atoms with Crippen LogP contribution in [-0.2, 0) is 13.6 Å². The van der Waals surface area contributed by atoms with E-state index in [0.717, 1.165) is 61.0 Å². The molecule has 1 aromatic carbocycles. The molecule has 0 aliphatic heterocycles. The zero-order chi connectivity index (χ0) is 28.3. The largest absolute Gasteiger partial charge is 0.357 e. The molecule has 3 aromatic heterocycles. The van der Waals surface area contributed by atoms with Crippen LogP contribution in [0.25, 0.3) is 35.2 Å². The first-order valence-corrected chi connectivity index (χ1v) is 14.8. The molecule has 0 saturated carbocycles. The van der Waals surface area contributed by atoms with Crippen molar-refractivity contribution in [2.75, 3.05) is 6.26 Å². The standard InChI is InChI=1S/C31H35FN6S/c1-9-10-27(24-13-23(14-26(32)15-24)17-34-39(6,7)8)28-16-30(35-22(28)4)31-21(3)29(36-37-31)12-11-20(2)25-18-33-38(5)19-25/h9-16,18-19,34-36H,1,3,6-7,17H2,2,4-5,8H3/b20-11+,27-10-,29-12+.